The number of amides is 2. The highest BCUT2D eigenvalue weighted by Crippen LogP contribution is 2.38. The van der Waals surface area contributed by atoms with Crippen molar-refractivity contribution < 1.29 is 38.0 Å². The average Bonchev–Trinajstić information content (AvgIpc) is 2.95. The predicted molar refractivity (Wildman–Crippen MR) is 147 cm³/mol. The Morgan fingerprint density at radius 2 is 0.923 bits per heavy atom. The Kier molecular flexibility index (Phi) is 12.9. The van der Waals surface area contributed by atoms with Gasteiger partial charge in [-0.25, -0.2) is 10.9 Å². The van der Waals surface area contributed by atoms with Crippen molar-refractivity contribution in [1.82, 2.24) is 10.9 Å². The van der Waals surface area contributed by atoms with E-state index >= 15 is 0 Å². The third-order valence-corrected chi connectivity index (χ3v) is 5.49. The van der Waals surface area contributed by atoms with E-state index in [2.05, 4.69) is 21.1 Å². The van der Waals surface area contributed by atoms with Gasteiger partial charge in [0.05, 0.1) is 55.1 Å². The number of rotatable bonds is 16. The first-order valence-electron chi connectivity index (χ1n) is 12.1. The summed E-state index contributed by atoms with van der Waals surface area (Å²) in [4.78, 5) is 24.1. The molecule has 0 aromatic heterocycles. The van der Waals surface area contributed by atoms with E-state index in [1.807, 2.05) is 0 Å². The number of carbonyl (C=O) groups excluding carboxylic acids is 2. The van der Waals surface area contributed by atoms with E-state index in [4.69, 9.17) is 28.4 Å². The van der Waals surface area contributed by atoms with Crippen molar-refractivity contribution in [1.29, 1.82) is 0 Å². The third-order valence-electron chi connectivity index (χ3n) is 5.49. The van der Waals surface area contributed by atoms with Crippen LogP contribution in [-0.4, -0.2) is 66.9 Å². The molecule has 0 heterocycles. The van der Waals surface area contributed by atoms with Crippen molar-refractivity contribution in [2.75, 3.05) is 42.7 Å². The van der Waals surface area contributed by atoms with Crippen LogP contribution in [0.2, 0.25) is 0 Å². The van der Waals surface area contributed by atoms with Crippen LogP contribution in [0.25, 0.3) is 0 Å². The number of benzene rings is 2. The molecule has 0 saturated carbocycles. The van der Waals surface area contributed by atoms with Gasteiger partial charge in [0.1, 0.15) is 0 Å². The van der Waals surface area contributed by atoms with E-state index in [0.717, 1.165) is 0 Å². The van der Waals surface area contributed by atoms with Gasteiger partial charge in [-0.3, -0.25) is 9.59 Å². The van der Waals surface area contributed by atoms with Crippen molar-refractivity contribution in [2.24, 2.45) is 10.2 Å². The molecule has 0 bridgehead atoms. The molecular formula is C27H36N4O8. The highest BCUT2D eigenvalue weighted by atomic mass is 16.5. The zero-order valence-electron chi connectivity index (χ0n) is 23.2. The molecular weight excluding hydrogens is 508 g/mol. The molecule has 0 fully saturated rings. The lowest BCUT2D eigenvalue weighted by Gasteiger charge is -2.12. The molecule has 0 spiro atoms. The summed E-state index contributed by atoms with van der Waals surface area (Å²) in [6.07, 6.45) is 5.49. The molecule has 0 aliphatic rings. The van der Waals surface area contributed by atoms with Gasteiger partial charge in [0.15, 0.2) is 23.0 Å². The Bertz CT molecular complexity index is 1030. The first kappa shape index (κ1) is 30.7. The lowest BCUT2D eigenvalue weighted by molar-refractivity contribution is -0.121. The standard InChI is InChI=1S/C27H36N4O8/c1-34-20-12-18(13-21(35-2)26(20)38-5)16-28-30-24(32)10-8-7-9-11-25(33)31-29-17-19-14-22(36-3)27(39-6)23(15-19)37-4/h12-17H,7-11H2,1-6H3,(H,30,32)(H,31,33)/b28-16-,29-17+. The Balaban J connectivity index is 1.71. The van der Waals surface area contributed by atoms with Gasteiger partial charge in [-0.15, -0.1) is 0 Å². The van der Waals surface area contributed by atoms with Gasteiger partial charge in [0.25, 0.3) is 0 Å². The van der Waals surface area contributed by atoms with E-state index in [0.29, 0.717) is 64.9 Å². The molecule has 2 N–H and O–H groups in total. The van der Waals surface area contributed by atoms with Crippen LogP contribution >= 0.6 is 0 Å². The molecule has 39 heavy (non-hydrogen) atoms. The predicted octanol–water partition coefficient (Wildman–Crippen LogP) is 3.29. The number of hydrogen-bond acceptors (Lipinski definition) is 10. The molecule has 0 saturated heterocycles. The highest BCUT2D eigenvalue weighted by Gasteiger charge is 2.13. The van der Waals surface area contributed by atoms with E-state index in [1.54, 1.807) is 24.3 Å². The Hall–Kier alpha value is -4.48. The summed E-state index contributed by atoms with van der Waals surface area (Å²) in [7, 11) is 9.13. The van der Waals surface area contributed by atoms with Crippen molar-refractivity contribution in [3.05, 3.63) is 35.4 Å². The van der Waals surface area contributed by atoms with Crippen LogP contribution in [0.3, 0.4) is 0 Å². The van der Waals surface area contributed by atoms with Crippen LogP contribution < -0.4 is 39.3 Å². The average molecular weight is 545 g/mol. The van der Waals surface area contributed by atoms with Gasteiger partial charge >= 0.3 is 0 Å². The summed E-state index contributed by atoms with van der Waals surface area (Å²) in [6, 6.07) is 6.88. The van der Waals surface area contributed by atoms with Crippen molar-refractivity contribution in [3.63, 3.8) is 0 Å². The van der Waals surface area contributed by atoms with Crippen LogP contribution in [0.4, 0.5) is 0 Å². The first-order chi connectivity index (χ1) is 18.9. The molecule has 2 amide bonds. The molecule has 0 radical (unpaired) electrons. The third kappa shape index (κ3) is 9.40. The quantitative estimate of drug-likeness (QED) is 0.187. The number of carbonyl (C=O) groups is 2. The molecule has 0 aliphatic heterocycles. The van der Waals surface area contributed by atoms with E-state index in [9.17, 15) is 9.59 Å². The second-order valence-electron chi connectivity index (χ2n) is 8.06. The van der Waals surface area contributed by atoms with E-state index in [1.165, 1.54) is 55.1 Å². The number of hydrazone groups is 2. The lowest BCUT2D eigenvalue weighted by atomic mass is 10.1. The fraction of sp³-hybridized carbons (Fsp3) is 0.407. The minimum Gasteiger partial charge on any atom is -0.493 e. The summed E-state index contributed by atoms with van der Waals surface area (Å²) in [5, 5.41) is 7.97. The van der Waals surface area contributed by atoms with Crippen LogP contribution in [0, 0.1) is 0 Å². The maximum Gasteiger partial charge on any atom is 0.240 e. The fourth-order valence-electron chi connectivity index (χ4n) is 3.57. The van der Waals surface area contributed by atoms with Crippen LogP contribution in [0.1, 0.15) is 43.2 Å². The van der Waals surface area contributed by atoms with Gasteiger partial charge in [0.2, 0.25) is 23.3 Å². The number of hydrogen-bond donors (Lipinski definition) is 2. The number of methoxy groups -OCH3 is 6. The van der Waals surface area contributed by atoms with E-state index in [-0.39, 0.29) is 24.7 Å². The topological polar surface area (TPSA) is 138 Å². The molecule has 0 aliphatic carbocycles. The molecule has 2 aromatic rings. The summed E-state index contributed by atoms with van der Waals surface area (Å²) in [5.41, 5.74) is 6.33. The SMILES string of the molecule is COc1cc(/C=N\NC(=O)CCCCCC(=O)N/N=C/c2cc(OC)c(OC)c(OC)c2)cc(OC)c1OC. The Morgan fingerprint density at radius 1 is 0.590 bits per heavy atom. The highest BCUT2D eigenvalue weighted by molar-refractivity contribution is 5.85. The second-order valence-corrected chi connectivity index (χ2v) is 8.06. The molecule has 212 valence electrons. The van der Waals surface area contributed by atoms with Crippen molar-refractivity contribution in [2.45, 2.75) is 32.1 Å². The lowest BCUT2D eigenvalue weighted by Crippen LogP contribution is -2.18. The molecule has 0 atom stereocenters. The molecule has 12 nitrogen and oxygen atoms in total. The summed E-state index contributed by atoms with van der Waals surface area (Å²) in [5.74, 6) is 2.44. The maximum atomic E-state index is 12.1. The number of ether oxygens (including phenoxy) is 6. The zero-order chi connectivity index (χ0) is 28.6. The molecule has 0 unspecified atom stereocenters. The molecule has 12 heteroatoms. The van der Waals surface area contributed by atoms with Gasteiger partial charge in [0, 0.05) is 24.0 Å². The minimum absolute atomic E-state index is 0.224. The van der Waals surface area contributed by atoms with Crippen LogP contribution in [0.15, 0.2) is 34.5 Å². The smallest absolute Gasteiger partial charge is 0.240 e. The number of nitrogens with zero attached hydrogens (tertiary/aromatic N) is 2. The Labute approximate surface area is 228 Å². The molecule has 2 aromatic carbocycles. The van der Waals surface area contributed by atoms with Crippen LogP contribution in [0.5, 0.6) is 34.5 Å². The summed E-state index contributed by atoms with van der Waals surface area (Å²) < 4.78 is 31.8. The molecule has 2 rings (SSSR count). The first-order valence-corrected chi connectivity index (χ1v) is 12.1. The van der Waals surface area contributed by atoms with Crippen LogP contribution in [-0.2, 0) is 9.59 Å². The van der Waals surface area contributed by atoms with Crippen molar-refractivity contribution in [3.8, 4) is 34.5 Å². The minimum atomic E-state index is -0.224. The second kappa shape index (κ2) is 16.4. The van der Waals surface area contributed by atoms with Gasteiger partial charge < -0.3 is 28.4 Å². The van der Waals surface area contributed by atoms with Gasteiger partial charge in [-0.2, -0.15) is 10.2 Å². The zero-order valence-corrected chi connectivity index (χ0v) is 23.2. The Morgan fingerprint density at radius 3 is 1.21 bits per heavy atom. The summed E-state index contributed by atoms with van der Waals surface area (Å²) >= 11 is 0. The van der Waals surface area contributed by atoms with Gasteiger partial charge in [-0.1, -0.05) is 6.42 Å². The number of nitrogens with one attached hydrogen (secondary N) is 2. The largest absolute Gasteiger partial charge is 0.493 e. The number of unbranched alkanes of at least 4 members (excludes halogenated alkanes) is 2. The van der Waals surface area contributed by atoms with Gasteiger partial charge in [-0.05, 0) is 37.1 Å². The maximum absolute atomic E-state index is 12.1. The fourth-order valence-corrected chi connectivity index (χ4v) is 3.57. The van der Waals surface area contributed by atoms with Crippen molar-refractivity contribution >= 4 is 24.2 Å². The monoisotopic (exact) mass is 544 g/mol. The summed E-state index contributed by atoms with van der Waals surface area (Å²) in [6.45, 7) is 0. The van der Waals surface area contributed by atoms with E-state index < -0.39 is 0 Å². The normalized spacial score (nSPS) is 10.8.